The number of methoxy groups -OCH3 is 2. The van der Waals surface area contributed by atoms with E-state index < -0.39 is 5.54 Å². The minimum atomic E-state index is -0.430. The van der Waals surface area contributed by atoms with Crippen LogP contribution in [0.2, 0.25) is 0 Å². The molecule has 36 heavy (non-hydrogen) atoms. The highest BCUT2D eigenvalue weighted by atomic mass is 16.5. The second kappa shape index (κ2) is 9.10. The highest BCUT2D eigenvalue weighted by Crippen LogP contribution is 2.48. The molecular formula is C27H36N4O5. The fourth-order valence-electron chi connectivity index (χ4n) is 6.62. The first kappa shape index (κ1) is 24.6. The van der Waals surface area contributed by atoms with E-state index in [1.165, 1.54) is 5.57 Å². The van der Waals surface area contributed by atoms with E-state index in [4.69, 9.17) is 14.0 Å². The van der Waals surface area contributed by atoms with Gasteiger partial charge in [-0.3, -0.25) is 9.69 Å². The van der Waals surface area contributed by atoms with Crippen LogP contribution in [0.5, 0.6) is 0 Å². The Kier molecular flexibility index (Phi) is 6.22. The van der Waals surface area contributed by atoms with Gasteiger partial charge in [0, 0.05) is 44.8 Å². The number of hydrogen-bond acceptors (Lipinski definition) is 6. The second-order valence-electron chi connectivity index (χ2n) is 10.2. The molecule has 2 atom stereocenters. The minimum Gasteiger partial charge on any atom is -0.501 e. The van der Waals surface area contributed by atoms with Crippen LogP contribution in [-0.4, -0.2) is 83.8 Å². The molecule has 4 heterocycles. The molecule has 1 aromatic rings. The molecule has 194 valence electrons. The number of urea groups is 1. The average Bonchev–Trinajstić information content (AvgIpc) is 3.24. The molecule has 3 aliphatic heterocycles. The van der Waals surface area contributed by atoms with Crippen molar-refractivity contribution in [3.63, 3.8) is 0 Å². The van der Waals surface area contributed by atoms with Gasteiger partial charge in [-0.05, 0) is 50.8 Å². The summed E-state index contributed by atoms with van der Waals surface area (Å²) in [6.45, 7) is 10.0. The molecule has 0 N–H and O–H groups in total. The van der Waals surface area contributed by atoms with Gasteiger partial charge in [0.15, 0.2) is 0 Å². The SMILES string of the molecule is CCN1C(=O)N2CC3=C(C(C)C=C2C12CCN(C(=O)c1c(C)noc1C)CC2)C(OC)CC(OC)=C3. The van der Waals surface area contributed by atoms with E-state index >= 15 is 0 Å². The van der Waals surface area contributed by atoms with Crippen LogP contribution < -0.4 is 0 Å². The molecule has 9 heteroatoms. The van der Waals surface area contributed by atoms with Crippen molar-refractivity contribution in [3.05, 3.63) is 51.8 Å². The number of aryl methyl sites for hydroxylation is 2. The molecule has 4 aliphatic rings. The van der Waals surface area contributed by atoms with E-state index in [1.54, 1.807) is 28.1 Å². The van der Waals surface area contributed by atoms with Gasteiger partial charge in [0.1, 0.15) is 11.3 Å². The van der Waals surface area contributed by atoms with Crippen LogP contribution in [0.4, 0.5) is 4.79 Å². The van der Waals surface area contributed by atoms with Crippen LogP contribution in [0.3, 0.4) is 0 Å². The van der Waals surface area contributed by atoms with Crippen LogP contribution in [-0.2, 0) is 9.47 Å². The van der Waals surface area contributed by atoms with Gasteiger partial charge >= 0.3 is 6.03 Å². The summed E-state index contributed by atoms with van der Waals surface area (Å²) in [7, 11) is 3.41. The van der Waals surface area contributed by atoms with Gasteiger partial charge < -0.3 is 23.8 Å². The molecule has 3 amide bonds. The van der Waals surface area contributed by atoms with Gasteiger partial charge in [-0.2, -0.15) is 0 Å². The maximum atomic E-state index is 13.8. The van der Waals surface area contributed by atoms with Crippen molar-refractivity contribution in [1.29, 1.82) is 0 Å². The molecule has 0 aromatic carbocycles. The zero-order valence-electron chi connectivity index (χ0n) is 22.1. The number of likely N-dealkylation sites (tertiary alicyclic amines) is 1. The van der Waals surface area contributed by atoms with Crippen LogP contribution in [0.1, 0.15) is 54.9 Å². The molecule has 0 radical (unpaired) electrons. The average molecular weight is 497 g/mol. The molecular weight excluding hydrogens is 460 g/mol. The van der Waals surface area contributed by atoms with Gasteiger partial charge in [0.2, 0.25) is 0 Å². The number of likely N-dealkylation sites (N-methyl/N-ethyl adjacent to an activating group) is 1. The number of carbonyl (C=O) groups excluding carboxylic acids is 2. The zero-order chi connectivity index (χ0) is 25.8. The second-order valence-corrected chi connectivity index (χ2v) is 10.2. The number of allylic oxidation sites excluding steroid dienone is 1. The largest absolute Gasteiger partial charge is 0.501 e. The number of piperidine rings is 1. The molecule has 9 nitrogen and oxygen atoms in total. The lowest BCUT2D eigenvalue weighted by atomic mass is 9.80. The third-order valence-electron chi connectivity index (χ3n) is 8.40. The Morgan fingerprint density at radius 1 is 1.25 bits per heavy atom. The smallest absolute Gasteiger partial charge is 0.325 e. The highest BCUT2D eigenvalue weighted by molar-refractivity contribution is 5.96. The summed E-state index contributed by atoms with van der Waals surface area (Å²) < 4.78 is 16.7. The van der Waals surface area contributed by atoms with Crippen molar-refractivity contribution in [3.8, 4) is 0 Å². The molecule has 1 aromatic heterocycles. The van der Waals surface area contributed by atoms with Crippen molar-refractivity contribution < 1.29 is 23.6 Å². The van der Waals surface area contributed by atoms with E-state index in [-0.39, 0.29) is 24.0 Å². The first-order valence-electron chi connectivity index (χ1n) is 12.8. The van der Waals surface area contributed by atoms with Gasteiger partial charge in [-0.1, -0.05) is 18.2 Å². The van der Waals surface area contributed by atoms with Crippen molar-refractivity contribution in [1.82, 2.24) is 19.9 Å². The number of fused-ring (bicyclic) bond motifs is 2. The van der Waals surface area contributed by atoms with E-state index in [1.807, 2.05) is 21.6 Å². The topological polar surface area (TPSA) is 88.4 Å². The van der Waals surface area contributed by atoms with E-state index in [0.717, 1.165) is 17.0 Å². The molecule has 1 aliphatic carbocycles. The fourth-order valence-corrected chi connectivity index (χ4v) is 6.62. The molecule has 1 spiro atoms. The monoisotopic (exact) mass is 496 g/mol. The predicted octanol–water partition coefficient (Wildman–Crippen LogP) is 3.80. The molecule has 2 saturated heterocycles. The minimum absolute atomic E-state index is 0.0297. The lowest BCUT2D eigenvalue weighted by molar-refractivity contribution is 0.0573. The highest BCUT2D eigenvalue weighted by Gasteiger charge is 2.55. The van der Waals surface area contributed by atoms with Crippen LogP contribution in [0.15, 0.2) is 39.3 Å². The summed E-state index contributed by atoms with van der Waals surface area (Å²) in [5, 5.41) is 3.95. The Balaban J connectivity index is 1.47. The summed E-state index contributed by atoms with van der Waals surface area (Å²) in [6.07, 6.45) is 6.34. The third kappa shape index (κ3) is 3.58. The Morgan fingerprint density at radius 2 is 1.97 bits per heavy atom. The molecule has 5 rings (SSSR count). The number of ether oxygens (including phenoxy) is 2. The summed E-state index contributed by atoms with van der Waals surface area (Å²) >= 11 is 0. The Bertz CT molecular complexity index is 1150. The van der Waals surface area contributed by atoms with E-state index in [9.17, 15) is 9.59 Å². The van der Waals surface area contributed by atoms with Gasteiger partial charge in [0.05, 0.1) is 36.8 Å². The molecule has 2 unspecified atom stereocenters. The molecule has 0 bridgehead atoms. The maximum absolute atomic E-state index is 13.8. The first-order chi connectivity index (χ1) is 17.2. The van der Waals surface area contributed by atoms with Crippen LogP contribution in [0, 0.1) is 19.8 Å². The van der Waals surface area contributed by atoms with E-state index in [0.29, 0.717) is 62.5 Å². The number of carbonyl (C=O) groups is 2. The lowest BCUT2D eigenvalue weighted by Gasteiger charge is -2.44. The maximum Gasteiger partial charge on any atom is 0.325 e. The Hall–Kier alpha value is -3.07. The summed E-state index contributed by atoms with van der Waals surface area (Å²) in [5.41, 5.74) is 4.10. The molecule has 0 saturated carbocycles. The number of amides is 3. The quantitative estimate of drug-likeness (QED) is 0.630. The molecule has 2 fully saturated rings. The van der Waals surface area contributed by atoms with Gasteiger partial charge in [0.25, 0.3) is 5.91 Å². The number of hydrogen-bond donors (Lipinski definition) is 0. The van der Waals surface area contributed by atoms with E-state index in [2.05, 4.69) is 24.2 Å². The zero-order valence-corrected chi connectivity index (χ0v) is 22.1. The van der Waals surface area contributed by atoms with Crippen LogP contribution >= 0.6 is 0 Å². The predicted molar refractivity (Wildman–Crippen MR) is 133 cm³/mol. The van der Waals surface area contributed by atoms with Crippen molar-refractivity contribution in [2.75, 3.05) is 40.4 Å². The standard InChI is InChI=1S/C27H36N4O5/c1-7-31-26(33)30-15-19-13-20(34-5)14-21(35-6)23(19)16(2)12-22(30)27(31)8-10-29(11-9-27)25(32)24-17(3)28-36-18(24)4/h12-13,16,21H,7-11,14-15H2,1-6H3. The van der Waals surface area contributed by atoms with Crippen molar-refractivity contribution >= 4 is 11.9 Å². The lowest BCUT2D eigenvalue weighted by Crippen LogP contribution is -2.54. The Morgan fingerprint density at radius 3 is 2.56 bits per heavy atom. The number of aromatic nitrogens is 1. The van der Waals surface area contributed by atoms with Crippen molar-refractivity contribution in [2.24, 2.45) is 5.92 Å². The fraction of sp³-hybridized carbons (Fsp3) is 0.593. The summed E-state index contributed by atoms with van der Waals surface area (Å²) in [4.78, 5) is 32.9. The third-order valence-corrected chi connectivity index (χ3v) is 8.40. The summed E-state index contributed by atoms with van der Waals surface area (Å²) in [6, 6.07) is 0.0297. The van der Waals surface area contributed by atoms with Gasteiger partial charge in [-0.15, -0.1) is 0 Å². The normalized spacial score (nSPS) is 25.5. The summed E-state index contributed by atoms with van der Waals surface area (Å²) in [5.74, 6) is 1.48. The number of rotatable bonds is 4. The Labute approximate surface area is 212 Å². The van der Waals surface area contributed by atoms with Crippen molar-refractivity contribution in [2.45, 2.75) is 58.6 Å². The van der Waals surface area contributed by atoms with Gasteiger partial charge in [-0.25, -0.2) is 4.79 Å². The number of nitrogens with zero attached hydrogens (tertiary/aromatic N) is 4. The first-order valence-corrected chi connectivity index (χ1v) is 12.8. The van der Waals surface area contributed by atoms with Crippen LogP contribution in [0.25, 0.3) is 0 Å².